The van der Waals surface area contributed by atoms with Gasteiger partial charge >= 0.3 is 0 Å². The van der Waals surface area contributed by atoms with E-state index in [4.69, 9.17) is 23.2 Å². The van der Waals surface area contributed by atoms with Gasteiger partial charge in [-0.05, 0) is 73.0 Å². The van der Waals surface area contributed by atoms with Crippen LogP contribution in [0.1, 0.15) is 30.9 Å². The molecule has 3 aromatic rings. The second-order valence-electron chi connectivity index (χ2n) is 6.81. The van der Waals surface area contributed by atoms with Crippen molar-refractivity contribution < 1.29 is 0 Å². The summed E-state index contributed by atoms with van der Waals surface area (Å²) in [7, 11) is 0. The number of benzene rings is 2. The van der Waals surface area contributed by atoms with Gasteiger partial charge < -0.3 is 0 Å². The second-order valence-corrected chi connectivity index (χ2v) is 7.69. The number of aryl methyl sites for hydroxylation is 1. The topological polar surface area (TPSA) is 46.8 Å². The molecule has 4 rings (SSSR count). The molecule has 7 heteroatoms. The number of hydrogen-bond acceptors (Lipinski definition) is 4. The maximum atomic E-state index is 6.02. The average molecular weight is 402 g/mol. The molecule has 1 aromatic heterocycles. The van der Waals surface area contributed by atoms with Gasteiger partial charge in [0.15, 0.2) is 0 Å². The molecule has 2 aromatic carbocycles. The van der Waals surface area contributed by atoms with E-state index in [1.54, 1.807) is 4.80 Å². The van der Waals surface area contributed by atoms with Gasteiger partial charge in [-0.15, -0.1) is 10.2 Å². The van der Waals surface area contributed by atoms with Gasteiger partial charge in [0.05, 0.1) is 6.54 Å². The number of halogens is 2. The Morgan fingerprint density at radius 2 is 1.63 bits per heavy atom. The number of rotatable bonds is 6. The quantitative estimate of drug-likeness (QED) is 0.590. The van der Waals surface area contributed by atoms with Gasteiger partial charge in [0.2, 0.25) is 5.82 Å². The van der Waals surface area contributed by atoms with Crippen molar-refractivity contribution in [3.63, 3.8) is 0 Å². The highest BCUT2D eigenvalue weighted by Gasteiger charge is 2.25. The first-order valence-corrected chi connectivity index (χ1v) is 9.98. The van der Waals surface area contributed by atoms with Crippen molar-refractivity contribution in [3.05, 3.63) is 64.1 Å². The van der Waals surface area contributed by atoms with E-state index in [1.807, 2.05) is 36.4 Å². The molecule has 140 valence electrons. The van der Waals surface area contributed by atoms with E-state index in [0.717, 1.165) is 36.6 Å². The van der Waals surface area contributed by atoms with Crippen LogP contribution < -0.4 is 0 Å². The lowest BCUT2D eigenvalue weighted by Gasteiger charge is -2.24. The molecule has 1 saturated heterocycles. The Labute approximate surface area is 168 Å². The summed E-state index contributed by atoms with van der Waals surface area (Å²) < 4.78 is 0. The van der Waals surface area contributed by atoms with Crippen molar-refractivity contribution in [1.82, 2.24) is 25.1 Å². The lowest BCUT2D eigenvalue weighted by atomic mass is 10.0. The number of nitrogens with zero attached hydrogens (tertiary/aromatic N) is 5. The van der Waals surface area contributed by atoms with Crippen LogP contribution in [-0.4, -0.2) is 38.2 Å². The summed E-state index contributed by atoms with van der Waals surface area (Å²) in [6, 6.07) is 16.2. The van der Waals surface area contributed by atoms with E-state index >= 15 is 0 Å². The van der Waals surface area contributed by atoms with Crippen LogP contribution in [-0.2, 0) is 6.54 Å². The summed E-state index contributed by atoms with van der Waals surface area (Å²) in [5.41, 5.74) is 2.27. The van der Waals surface area contributed by atoms with E-state index in [0.29, 0.717) is 16.9 Å². The number of aromatic nitrogens is 4. The molecule has 5 nitrogen and oxygen atoms in total. The third kappa shape index (κ3) is 4.49. The van der Waals surface area contributed by atoms with Crippen molar-refractivity contribution >= 4 is 23.2 Å². The molecule has 0 saturated carbocycles. The average Bonchev–Trinajstić information content (AvgIpc) is 3.33. The standard InChI is InChI=1S/C20H21Cl2N5/c21-17-8-4-15(5-9-17)19-3-1-12-26(19)13-2-14-27-24-20(23-25-27)16-6-10-18(22)11-7-16/h4-11,19H,1-3,12-14H2. The van der Waals surface area contributed by atoms with E-state index in [9.17, 15) is 0 Å². The maximum absolute atomic E-state index is 6.02. The highest BCUT2D eigenvalue weighted by atomic mass is 35.5. The zero-order valence-corrected chi connectivity index (χ0v) is 16.4. The maximum Gasteiger partial charge on any atom is 0.204 e. The molecule has 2 heterocycles. The largest absolute Gasteiger partial charge is 0.296 e. The van der Waals surface area contributed by atoms with Gasteiger partial charge in [-0.1, -0.05) is 35.3 Å². The normalized spacial score (nSPS) is 17.5. The van der Waals surface area contributed by atoms with Gasteiger partial charge in [-0.3, -0.25) is 4.90 Å². The van der Waals surface area contributed by atoms with E-state index in [2.05, 4.69) is 32.4 Å². The molecular weight excluding hydrogens is 381 g/mol. The third-order valence-electron chi connectivity index (χ3n) is 4.98. The Kier molecular flexibility index (Phi) is 5.72. The number of tetrazole rings is 1. The van der Waals surface area contributed by atoms with Crippen molar-refractivity contribution in [3.8, 4) is 11.4 Å². The molecule has 1 unspecified atom stereocenters. The fourth-order valence-electron chi connectivity index (χ4n) is 3.62. The van der Waals surface area contributed by atoms with E-state index < -0.39 is 0 Å². The van der Waals surface area contributed by atoms with Crippen LogP contribution in [0.15, 0.2) is 48.5 Å². The fraction of sp³-hybridized carbons (Fsp3) is 0.350. The molecule has 1 aliphatic heterocycles. The van der Waals surface area contributed by atoms with Crippen LogP contribution in [0.5, 0.6) is 0 Å². The van der Waals surface area contributed by atoms with Gasteiger partial charge in [-0.25, -0.2) is 0 Å². The molecule has 1 fully saturated rings. The van der Waals surface area contributed by atoms with Gasteiger partial charge in [0, 0.05) is 28.2 Å². The third-order valence-corrected chi connectivity index (χ3v) is 5.48. The van der Waals surface area contributed by atoms with Crippen molar-refractivity contribution in [2.24, 2.45) is 0 Å². The number of likely N-dealkylation sites (tertiary alicyclic amines) is 1. The number of hydrogen-bond donors (Lipinski definition) is 0. The minimum Gasteiger partial charge on any atom is -0.296 e. The molecule has 1 aliphatic rings. The molecule has 0 radical (unpaired) electrons. The minimum atomic E-state index is 0.482. The molecule has 0 amide bonds. The summed E-state index contributed by atoms with van der Waals surface area (Å²) in [5.74, 6) is 0.631. The van der Waals surface area contributed by atoms with Crippen LogP contribution in [0, 0.1) is 0 Å². The lowest BCUT2D eigenvalue weighted by molar-refractivity contribution is 0.245. The fourth-order valence-corrected chi connectivity index (χ4v) is 3.88. The Hall–Kier alpha value is -1.95. The zero-order valence-electron chi connectivity index (χ0n) is 14.9. The van der Waals surface area contributed by atoms with Crippen LogP contribution in [0.4, 0.5) is 0 Å². The highest BCUT2D eigenvalue weighted by Crippen LogP contribution is 2.32. The summed E-state index contributed by atoms with van der Waals surface area (Å²) in [6.45, 7) is 2.91. The van der Waals surface area contributed by atoms with Crippen LogP contribution >= 0.6 is 23.2 Å². The lowest BCUT2D eigenvalue weighted by Crippen LogP contribution is -2.25. The van der Waals surface area contributed by atoms with Crippen molar-refractivity contribution in [2.75, 3.05) is 13.1 Å². The Morgan fingerprint density at radius 3 is 2.37 bits per heavy atom. The summed E-state index contributed by atoms with van der Waals surface area (Å²) in [4.78, 5) is 4.22. The minimum absolute atomic E-state index is 0.482. The summed E-state index contributed by atoms with van der Waals surface area (Å²) in [6.07, 6.45) is 3.42. The second kappa shape index (κ2) is 8.38. The molecular formula is C20H21Cl2N5. The summed E-state index contributed by atoms with van der Waals surface area (Å²) >= 11 is 11.9. The predicted octanol–water partition coefficient (Wildman–Crippen LogP) is 4.87. The first kappa shape index (κ1) is 18.4. The Bertz CT molecular complexity index is 876. The van der Waals surface area contributed by atoms with E-state index in [-0.39, 0.29) is 0 Å². The van der Waals surface area contributed by atoms with Crippen molar-refractivity contribution in [1.29, 1.82) is 0 Å². The van der Waals surface area contributed by atoms with Crippen LogP contribution in [0.2, 0.25) is 10.0 Å². The monoisotopic (exact) mass is 401 g/mol. The first-order valence-electron chi connectivity index (χ1n) is 9.22. The molecule has 0 spiro atoms. The van der Waals surface area contributed by atoms with Gasteiger partial charge in [-0.2, -0.15) is 4.80 Å². The van der Waals surface area contributed by atoms with E-state index in [1.165, 1.54) is 18.4 Å². The van der Waals surface area contributed by atoms with Crippen LogP contribution in [0.3, 0.4) is 0 Å². The summed E-state index contributed by atoms with van der Waals surface area (Å²) in [5, 5.41) is 14.3. The van der Waals surface area contributed by atoms with Crippen molar-refractivity contribution in [2.45, 2.75) is 31.8 Å². The molecule has 0 aliphatic carbocycles. The SMILES string of the molecule is Clc1ccc(-c2nnn(CCCN3CCCC3c3ccc(Cl)cc3)n2)cc1. The Morgan fingerprint density at radius 1 is 0.926 bits per heavy atom. The molecule has 0 bridgehead atoms. The Balaban J connectivity index is 1.33. The van der Waals surface area contributed by atoms with Crippen LogP contribution in [0.25, 0.3) is 11.4 Å². The zero-order chi connectivity index (χ0) is 18.6. The first-order chi connectivity index (χ1) is 13.2. The van der Waals surface area contributed by atoms with Gasteiger partial charge in [0.1, 0.15) is 0 Å². The molecule has 1 atom stereocenters. The molecule has 0 N–H and O–H groups in total. The smallest absolute Gasteiger partial charge is 0.204 e. The predicted molar refractivity (Wildman–Crippen MR) is 108 cm³/mol. The molecule has 27 heavy (non-hydrogen) atoms. The highest BCUT2D eigenvalue weighted by molar-refractivity contribution is 6.30. The van der Waals surface area contributed by atoms with Gasteiger partial charge in [0.25, 0.3) is 0 Å².